The summed E-state index contributed by atoms with van der Waals surface area (Å²) in [6.45, 7) is 6.69. The quantitative estimate of drug-likeness (QED) is 0.913. The average Bonchev–Trinajstić information content (AvgIpc) is 2.25. The lowest BCUT2D eigenvalue weighted by molar-refractivity contribution is -0.137. The Hall–Kier alpha value is -1.46. The highest BCUT2D eigenvalue weighted by Gasteiger charge is 2.32. The molecule has 0 radical (unpaired) electrons. The molecule has 0 aliphatic rings. The van der Waals surface area contributed by atoms with Crippen molar-refractivity contribution in [3.8, 4) is 0 Å². The van der Waals surface area contributed by atoms with Crippen LogP contribution in [0, 0.1) is 5.41 Å². The van der Waals surface area contributed by atoms with E-state index in [1.54, 1.807) is 19.0 Å². The van der Waals surface area contributed by atoms with Gasteiger partial charge in [-0.05, 0) is 17.5 Å². The topological polar surface area (TPSA) is 28.2 Å². The molecule has 0 spiro atoms. The van der Waals surface area contributed by atoms with E-state index in [0.717, 1.165) is 12.1 Å². The number of hydrogen-bond donors (Lipinski definition) is 1. The highest BCUT2D eigenvalue weighted by atomic mass is 19.4. The van der Waals surface area contributed by atoms with Crippen LogP contribution in [0.2, 0.25) is 0 Å². The van der Waals surface area contributed by atoms with Crippen molar-refractivity contribution < 1.29 is 13.2 Å². The number of nitrogens with zero attached hydrogens (tertiary/aromatic N) is 2. The van der Waals surface area contributed by atoms with Gasteiger partial charge in [-0.15, -0.1) is 0 Å². The Morgan fingerprint density at radius 2 is 1.79 bits per heavy atom. The molecule has 1 N–H and O–H groups in total. The van der Waals surface area contributed by atoms with Gasteiger partial charge in [-0.2, -0.15) is 13.2 Å². The molecular weight excluding hydrogens is 255 g/mol. The van der Waals surface area contributed by atoms with Gasteiger partial charge in [0.05, 0.1) is 5.56 Å². The van der Waals surface area contributed by atoms with Crippen LogP contribution in [0.4, 0.5) is 24.8 Å². The molecule has 0 amide bonds. The lowest BCUT2D eigenvalue weighted by Gasteiger charge is -2.28. The van der Waals surface area contributed by atoms with Crippen LogP contribution < -0.4 is 10.2 Å². The molecule has 0 aliphatic heterocycles. The summed E-state index contributed by atoms with van der Waals surface area (Å²) in [5, 5.41) is 2.66. The molecule has 1 heterocycles. The van der Waals surface area contributed by atoms with E-state index >= 15 is 0 Å². The van der Waals surface area contributed by atoms with Gasteiger partial charge in [0.1, 0.15) is 11.6 Å². The highest BCUT2D eigenvalue weighted by Crippen LogP contribution is 2.33. The van der Waals surface area contributed by atoms with E-state index in [-0.39, 0.29) is 11.2 Å². The molecule has 0 saturated carbocycles. The summed E-state index contributed by atoms with van der Waals surface area (Å²) >= 11 is 0. The summed E-state index contributed by atoms with van der Waals surface area (Å²) in [6.07, 6.45) is -4.37. The number of anilines is 2. The Morgan fingerprint density at radius 1 is 1.21 bits per heavy atom. The van der Waals surface area contributed by atoms with E-state index in [2.05, 4.69) is 10.3 Å². The van der Waals surface area contributed by atoms with Crippen molar-refractivity contribution in [2.45, 2.75) is 26.9 Å². The minimum atomic E-state index is -4.37. The summed E-state index contributed by atoms with van der Waals surface area (Å²) in [6, 6.07) is 2.08. The molecule has 108 valence electrons. The van der Waals surface area contributed by atoms with Crippen molar-refractivity contribution in [3.63, 3.8) is 0 Å². The Balaban J connectivity index is 3.13. The minimum Gasteiger partial charge on any atom is -0.373 e. The maximum Gasteiger partial charge on any atom is 0.416 e. The van der Waals surface area contributed by atoms with Crippen molar-refractivity contribution in [2.75, 3.05) is 30.9 Å². The first kappa shape index (κ1) is 15.6. The fourth-order valence-corrected chi connectivity index (χ4v) is 1.80. The van der Waals surface area contributed by atoms with E-state index in [1.807, 2.05) is 20.8 Å². The summed E-state index contributed by atoms with van der Waals surface area (Å²) in [4.78, 5) is 5.90. The molecule has 0 fully saturated rings. The second kappa shape index (κ2) is 5.27. The molecule has 0 aliphatic carbocycles. The Labute approximate surface area is 111 Å². The molecule has 6 heteroatoms. The van der Waals surface area contributed by atoms with Gasteiger partial charge in [0.25, 0.3) is 0 Å². The van der Waals surface area contributed by atoms with Crippen LogP contribution >= 0.6 is 0 Å². The Bertz CT molecular complexity index is 436. The second-order valence-corrected chi connectivity index (χ2v) is 5.76. The molecule has 19 heavy (non-hydrogen) atoms. The molecule has 1 aromatic rings. The zero-order valence-electron chi connectivity index (χ0n) is 11.9. The normalized spacial score (nSPS) is 12.4. The molecule has 0 aromatic carbocycles. The number of alkyl halides is 3. The fourth-order valence-electron chi connectivity index (χ4n) is 1.80. The molecule has 1 rings (SSSR count). The largest absolute Gasteiger partial charge is 0.416 e. The second-order valence-electron chi connectivity index (χ2n) is 5.76. The molecular formula is C13H20F3N3. The van der Waals surface area contributed by atoms with Gasteiger partial charge in [0.15, 0.2) is 0 Å². The third-order valence-corrected chi connectivity index (χ3v) is 2.50. The smallest absolute Gasteiger partial charge is 0.373 e. The van der Waals surface area contributed by atoms with Gasteiger partial charge in [-0.3, -0.25) is 0 Å². The Morgan fingerprint density at radius 3 is 2.21 bits per heavy atom. The summed E-state index contributed by atoms with van der Waals surface area (Å²) < 4.78 is 38.4. The third kappa shape index (κ3) is 4.61. The lowest BCUT2D eigenvalue weighted by Crippen LogP contribution is -2.30. The van der Waals surface area contributed by atoms with E-state index in [9.17, 15) is 13.2 Å². The number of aromatic nitrogens is 1. The number of hydrogen-bond acceptors (Lipinski definition) is 3. The Kier molecular flexibility index (Phi) is 4.32. The molecule has 0 saturated heterocycles. The first-order valence-electron chi connectivity index (χ1n) is 6.01. The molecule has 0 atom stereocenters. The van der Waals surface area contributed by atoms with Crippen molar-refractivity contribution in [2.24, 2.45) is 5.41 Å². The van der Waals surface area contributed by atoms with Gasteiger partial charge in [-0.1, -0.05) is 20.8 Å². The molecule has 1 aromatic heterocycles. The zero-order valence-corrected chi connectivity index (χ0v) is 11.9. The van der Waals surface area contributed by atoms with E-state index in [4.69, 9.17) is 0 Å². The lowest BCUT2D eigenvalue weighted by atomic mass is 9.96. The summed E-state index contributed by atoms with van der Waals surface area (Å²) in [5.41, 5.74) is -0.715. The molecule has 3 nitrogen and oxygen atoms in total. The predicted molar refractivity (Wildman–Crippen MR) is 71.5 cm³/mol. The number of pyridine rings is 1. The van der Waals surface area contributed by atoms with E-state index in [1.165, 1.54) is 0 Å². The monoisotopic (exact) mass is 275 g/mol. The van der Waals surface area contributed by atoms with E-state index in [0.29, 0.717) is 12.4 Å². The maximum atomic E-state index is 12.8. The van der Waals surface area contributed by atoms with Crippen molar-refractivity contribution in [3.05, 3.63) is 17.7 Å². The first-order valence-corrected chi connectivity index (χ1v) is 6.01. The molecule has 0 bridgehead atoms. The van der Waals surface area contributed by atoms with Crippen LogP contribution in [0.3, 0.4) is 0 Å². The fraction of sp³-hybridized carbons (Fsp3) is 0.615. The van der Waals surface area contributed by atoms with Crippen LogP contribution in [0.25, 0.3) is 0 Å². The zero-order chi connectivity index (χ0) is 14.8. The third-order valence-electron chi connectivity index (χ3n) is 2.50. The van der Waals surface area contributed by atoms with Crippen LogP contribution in [0.15, 0.2) is 12.1 Å². The first-order chi connectivity index (χ1) is 8.53. The predicted octanol–water partition coefficient (Wildman–Crippen LogP) is 3.62. The summed E-state index contributed by atoms with van der Waals surface area (Å²) in [5.74, 6) is 0.527. The average molecular weight is 275 g/mol. The minimum absolute atomic E-state index is 0.0233. The van der Waals surface area contributed by atoms with Crippen LogP contribution in [0.1, 0.15) is 26.3 Å². The number of nitrogens with one attached hydrogen (secondary N) is 1. The van der Waals surface area contributed by atoms with Crippen molar-refractivity contribution in [1.29, 1.82) is 0 Å². The standard InChI is InChI=1S/C13H20F3N3/c1-12(2,3)8-19(5)11-7-9(13(14,15)16)6-10(17-4)18-11/h6-7H,8H2,1-5H3,(H,17,18). The van der Waals surface area contributed by atoms with Crippen molar-refractivity contribution in [1.82, 2.24) is 4.98 Å². The van der Waals surface area contributed by atoms with Gasteiger partial charge < -0.3 is 10.2 Å². The van der Waals surface area contributed by atoms with Crippen LogP contribution in [-0.2, 0) is 6.18 Å². The van der Waals surface area contributed by atoms with Gasteiger partial charge >= 0.3 is 6.18 Å². The maximum absolute atomic E-state index is 12.8. The number of halogens is 3. The van der Waals surface area contributed by atoms with E-state index < -0.39 is 11.7 Å². The SMILES string of the molecule is CNc1cc(C(F)(F)F)cc(N(C)CC(C)(C)C)n1. The summed E-state index contributed by atoms with van der Waals surface area (Å²) in [7, 11) is 3.29. The van der Waals surface area contributed by atoms with Crippen molar-refractivity contribution >= 4 is 11.6 Å². The van der Waals surface area contributed by atoms with Gasteiger partial charge in [0.2, 0.25) is 0 Å². The van der Waals surface area contributed by atoms with Crippen LogP contribution in [-0.4, -0.2) is 25.6 Å². The van der Waals surface area contributed by atoms with Gasteiger partial charge in [-0.25, -0.2) is 4.98 Å². The highest BCUT2D eigenvalue weighted by molar-refractivity contribution is 5.50. The number of rotatable bonds is 3. The van der Waals surface area contributed by atoms with Crippen LogP contribution in [0.5, 0.6) is 0 Å². The molecule has 0 unspecified atom stereocenters. The van der Waals surface area contributed by atoms with Gasteiger partial charge in [0, 0.05) is 20.6 Å².